The first-order valence-electron chi connectivity index (χ1n) is 6.54. The van der Waals surface area contributed by atoms with E-state index in [2.05, 4.69) is 60.9 Å². The van der Waals surface area contributed by atoms with E-state index in [1.54, 1.807) is 0 Å². The molecule has 0 N–H and O–H groups in total. The van der Waals surface area contributed by atoms with Gasteiger partial charge in [0.2, 0.25) is 0 Å². The van der Waals surface area contributed by atoms with Crippen LogP contribution in [0.2, 0.25) is 0 Å². The summed E-state index contributed by atoms with van der Waals surface area (Å²) in [5, 5.41) is 0. The number of rotatable bonds is 3. The van der Waals surface area contributed by atoms with Crippen molar-refractivity contribution in [2.75, 3.05) is 26.3 Å². The summed E-state index contributed by atoms with van der Waals surface area (Å²) in [7, 11) is 0. The third kappa shape index (κ3) is 3.58. The lowest BCUT2D eigenvalue weighted by atomic mass is 10.0. The van der Waals surface area contributed by atoms with Gasteiger partial charge in [-0.3, -0.25) is 4.90 Å². The summed E-state index contributed by atoms with van der Waals surface area (Å²) >= 11 is 0. The molecule has 0 amide bonds. The molecule has 1 heterocycles. The van der Waals surface area contributed by atoms with Gasteiger partial charge in [-0.05, 0) is 31.1 Å². The largest absolute Gasteiger partial charge is 0.379 e. The molecule has 1 aromatic carbocycles. The maximum atomic E-state index is 5.43. The highest BCUT2D eigenvalue weighted by Crippen LogP contribution is 2.22. The predicted octanol–water partition coefficient (Wildman–Crippen LogP) is 3.18. The molecule has 1 fully saturated rings. The summed E-state index contributed by atoms with van der Waals surface area (Å²) in [6.45, 7) is 7.79. The lowest BCUT2D eigenvalue weighted by Crippen LogP contribution is -2.38. The smallest absolute Gasteiger partial charge is 0.0607 e. The molecule has 1 aromatic rings. The minimum Gasteiger partial charge on any atom is -0.379 e. The summed E-state index contributed by atoms with van der Waals surface area (Å²) in [6, 6.07) is 10.9. The van der Waals surface area contributed by atoms with Crippen molar-refractivity contribution < 1.29 is 4.74 Å². The highest BCUT2D eigenvalue weighted by molar-refractivity contribution is 5.23. The van der Waals surface area contributed by atoms with Gasteiger partial charge in [-0.25, -0.2) is 0 Å². The molecule has 2 heteroatoms. The van der Waals surface area contributed by atoms with Crippen LogP contribution in [0.3, 0.4) is 0 Å². The van der Waals surface area contributed by atoms with Gasteiger partial charge >= 0.3 is 0 Å². The number of nitrogens with zero attached hydrogens (tertiary/aromatic N) is 1. The van der Waals surface area contributed by atoms with E-state index in [-0.39, 0.29) is 0 Å². The molecule has 0 bridgehead atoms. The Morgan fingerprint density at radius 1 is 1.22 bits per heavy atom. The van der Waals surface area contributed by atoms with Crippen LogP contribution in [0.15, 0.2) is 47.7 Å². The van der Waals surface area contributed by atoms with Gasteiger partial charge in [0.1, 0.15) is 0 Å². The fourth-order valence-electron chi connectivity index (χ4n) is 2.16. The van der Waals surface area contributed by atoms with Gasteiger partial charge in [-0.1, -0.05) is 30.3 Å². The van der Waals surface area contributed by atoms with Crippen LogP contribution < -0.4 is 0 Å². The van der Waals surface area contributed by atoms with Crippen molar-refractivity contribution in [1.82, 2.24) is 4.90 Å². The van der Waals surface area contributed by atoms with Crippen molar-refractivity contribution in [3.8, 4) is 0 Å². The zero-order valence-corrected chi connectivity index (χ0v) is 11.2. The maximum absolute atomic E-state index is 5.43. The highest BCUT2D eigenvalue weighted by Gasteiger charge is 2.19. The Hall–Kier alpha value is -1.34. The van der Waals surface area contributed by atoms with Gasteiger partial charge < -0.3 is 4.74 Å². The van der Waals surface area contributed by atoms with Crippen molar-refractivity contribution in [2.24, 2.45) is 0 Å². The molecule has 96 valence electrons. The predicted molar refractivity (Wildman–Crippen MR) is 74.5 cm³/mol. The summed E-state index contributed by atoms with van der Waals surface area (Å²) in [5.74, 6) is 0. The molecule has 0 radical (unpaired) electrons. The van der Waals surface area contributed by atoms with E-state index in [1.807, 2.05) is 0 Å². The fourth-order valence-corrected chi connectivity index (χ4v) is 2.16. The molecule has 1 aliphatic rings. The second kappa shape index (κ2) is 6.55. The minimum atomic E-state index is 0.310. The zero-order valence-electron chi connectivity index (χ0n) is 11.2. The summed E-state index contributed by atoms with van der Waals surface area (Å²) in [6.07, 6.45) is 2.18. The van der Waals surface area contributed by atoms with Crippen molar-refractivity contribution in [3.05, 3.63) is 53.3 Å². The first-order chi connectivity index (χ1) is 8.77. The lowest BCUT2D eigenvalue weighted by Gasteiger charge is -2.32. The van der Waals surface area contributed by atoms with Crippen LogP contribution in [-0.4, -0.2) is 31.2 Å². The fraction of sp³-hybridized carbons (Fsp3) is 0.438. The van der Waals surface area contributed by atoms with Crippen LogP contribution >= 0.6 is 0 Å². The SMILES string of the molecule is CC(C)=C=CC(c1ccccc1)N1CCOCC1. The van der Waals surface area contributed by atoms with E-state index in [0.29, 0.717) is 6.04 Å². The molecule has 1 unspecified atom stereocenters. The second-order valence-electron chi connectivity index (χ2n) is 4.81. The van der Waals surface area contributed by atoms with Crippen LogP contribution in [0, 0.1) is 0 Å². The summed E-state index contributed by atoms with van der Waals surface area (Å²) in [5.41, 5.74) is 5.89. The van der Waals surface area contributed by atoms with E-state index >= 15 is 0 Å². The summed E-state index contributed by atoms with van der Waals surface area (Å²) < 4.78 is 5.43. The van der Waals surface area contributed by atoms with Gasteiger partial charge in [-0.15, -0.1) is 5.73 Å². The van der Waals surface area contributed by atoms with Gasteiger partial charge in [0, 0.05) is 13.1 Å². The van der Waals surface area contributed by atoms with Crippen molar-refractivity contribution in [3.63, 3.8) is 0 Å². The molecule has 1 aliphatic heterocycles. The highest BCUT2D eigenvalue weighted by atomic mass is 16.5. The average Bonchev–Trinajstić information content (AvgIpc) is 2.41. The third-order valence-corrected chi connectivity index (χ3v) is 3.11. The second-order valence-corrected chi connectivity index (χ2v) is 4.81. The van der Waals surface area contributed by atoms with E-state index in [0.717, 1.165) is 26.3 Å². The number of morpholine rings is 1. The van der Waals surface area contributed by atoms with E-state index in [1.165, 1.54) is 11.1 Å². The first kappa shape index (κ1) is 13.1. The topological polar surface area (TPSA) is 12.5 Å². The lowest BCUT2D eigenvalue weighted by molar-refractivity contribution is 0.0253. The zero-order chi connectivity index (χ0) is 12.8. The normalized spacial score (nSPS) is 17.9. The van der Waals surface area contributed by atoms with E-state index in [4.69, 9.17) is 4.74 Å². The van der Waals surface area contributed by atoms with Crippen molar-refractivity contribution in [1.29, 1.82) is 0 Å². The van der Waals surface area contributed by atoms with E-state index in [9.17, 15) is 0 Å². The number of benzene rings is 1. The quantitative estimate of drug-likeness (QED) is 0.756. The van der Waals surface area contributed by atoms with Crippen LogP contribution in [0.5, 0.6) is 0 Å². The number of hydrogen-bond acceptors (Lipinski definition) is 2. The molecule has 1 saturated heterocycles. The van der Waals surface area contributed by atoms with Gasteiger partial charge in [0.15, 0.2) is 0 Å². The van der Waals surface area contributed by atoms with Crippen LogP contribution in [0.25, 0.3) is 0 Å². The number of hydrogen-bond donors (Lipinski definition) is 0. The molecule has 2 rings (SSSR count). The standard InChI is InChI=1S/C16H21NO/c1-14(2)8-9-16(15-6-4-3-5-7-15)17-10-12-18-13-11-17/h3-7,9,16H,10-13H2,1-2H3. The molecule has 18 heavy (non-hydrogen) atoms. The Morgan fingerprint density at radius 2 is 1.89 bits per heavy atom. The van der Waals surface area contributed by atoms with Crippen LogP contribution in [-0.2, 0) is 4.74 Å². The van der Waals surface area contributed by atoms with Crippen LogP contribution in [0.1, 0.15) is 25.5 Å². The summed E-state index contributed by atoms with van der Waals surface area (Å²) in [4.78, 5) is 2.45. The van der Waals surface area contributed by atoms with Crippen molar-refractivity contribution >= 4 is 0 Å². The Kier molecular flexibility index (Phi) is 4.77. The molecule has 0 saturated carbocycles. The molecule has 1 atom stereocenters. The molecule has 0 spiro atoms. The van der Waals surface area contributed by atoms with Crippen molar-refractivity contribution in [2.45, 2.75) is 19.9 Å². The monoisotopic (exact) mass is 243 g/mol. The van der Waals surface area contributed by atoms with Gasteiger partial charge in [0.25, 0.3) is 0 Å². The average molecular weight is 243 g/mol. The Balaban J connectivity index is 2.25. The Morgan fingerprint density at radius 3 is 2.50 bits per heavy atom. The Labute approximate surface area is 110 Å². The molecular formula is C16H21NO. The Bertz CT molecular complexity index is 422. The molecule has 2 nitrogen and oxygen atoms in total. The molecule has 0 aromatic heterocycles. The molecule has 0 aliphatic carbocycles. The van der Waals surface area contributed by atoms with E-state index < -0.39 is 0 Å². The third-order valence-electron chi connectivity index (χ3n) is 3.11. The maximum Gasteiger partial charge on any atom is 0.0607 e. The van der Waals surface area contributed by atoms with Gasteiger partial charge in [0.05, 0.1) is 19.3 Å². The number of ether oxygens (including phenoxy) is 1. The van der Waals surface area contributed by atoms with Crippen LogP contribution in [0.4, 0.5) is 0 Å². The minimum absolute atomic E-state index is 0.310. The van der Waals surface area contributed by atoms with Gasteiger partial charge in [-0.2, -0.15) is 0 Å². The first-order valence-corrected chi connectivity index (χ1v) is 6.54. The molecular weight excluding hydrogens is 222 g/mol.